The fraction of sp³-hybridized carbons (Fsp3) is 0.158. The van der Waals surface area contributed by atoms with Crippen molar-refractivity contribution in [1.82, 2.24) is 0 Å². The van der Waals surface area contributed by atoms with Gasteiger partial charge in [0.2, 0.25) is 0 Å². The Morgan fingerprint density at radius 2 is 2.04 bits per heavy atom. The summed E-state index contributed by atoms with van der Waals surface area (Å²) >= 11 is 0. The standard InChI is InChI=1S/C19H18N2O3/c1-3-24-18-10-5-4-9-17(18)21-19(22)15(13-20)11-14-7-6-8-16(12-14)23-2/h4-12H,3H2,1-2H3,(H,21,22). The number of para-hydroxylation sites is 2. The van der Waals surface area contributed by atoms with E-state index in [0.29, 0.717) is 29.4 Å². The van der Waals surface area contributed by atoms with E-state index >= 15 is 0 Å². The number of nitrogens with one attached hydrogen (secondary N) is 1. The Morgan fingerprint density at radius 3 is 2.75 bits per heavy atom. The molecule has 0 bridgehead atoms. The molecule has 2 aromatic carbocycles. The third kappa shape index (κ3) is 4.37. The molecule has 0 saturated carbocycles. The number of amides is 1. The molecule has 2 aromatic rings. The van der Waals surface area contributed by atoms with Crippen molar-refractivity contribution in [3.63, 3.8) is 0 Å². The zero-order valence-corrected chi connectivity index (χ0v) is 13.6. The molecule has 2 rings (SSSR count). The summed E-state index contributed by atoms with van der Waals surface area (Å²) in [4.78, 5) is 12.4. The highest BCUT2D eigenvalue weighted by atomic mass is 16.5. The Hall–Kier alpha value is -3.26. The third-order valence-electron chi connectivity index (χ3n) is 3.20. The Kier molecular flexibility index (Phi) is 5.98. The van der Waals surface area contributed by atoms with Gasteiger partial charge in [-0.2, -0.15) is 5.26 Å². The molecule has 0 radical (unpaired) electrons. The van der Waals surface area contributed by atoms with Gasteiger partial charge in [-0.05, 0) is 42.8 Å². The SMILES string of the molecule is CCOc1ccccc1NC(=O)C(C#N)=Cc1cccc(OC)c1. The Labute approximate surface area is 141 Å². The predicted octanol–water partition coefficient (Wildman–Crippen LogP) is 3.64. The van der Waals surface area contributed by atoms with Gasteiger partial charge in [-0.25, -0.2) is 0 Å². The number of methoxy groups -OCH3 is 1. The van der Waals surface area contributed by atoms with Crippen molar-refractivity contribution in [1.29, 1.82) is 5.26 Å². The first-order valence-electron chi connectivity index (χ1n) is 7.47. The van der Waals surface area contributed by atoms with Crippen LogP contribution in [0.25, 0.3) is 6.08 Å². The lowest BCUT2D eigenvalue weighted by molar-refractivity contribution is -0.112. The third-order valence-corrected chi connectivity index (χ3v) is 3.20. The first-order chi connectivity index (χ1) is 11.7. The first kappa shape index (κ1) is 17.1. The fourth-order valence-corrected chi connectivity index (χ4v) is 2.09. The van der Waals surface area contributed by atoms with Crippen molar-refractivity contribution < 1.29 is 14.3 Å². The van der Waals surface area contributed by atoms with Gasteiger partial charge in [0.25, 0.3) is 5.91 Å². The number of anilines is 1. The molecule has 0 fully saturated rings. The topological polar surface area (TPSA) is 71.3 Å². The molecule has 0 heterocycles. The zero-order valence-electron chi connectivity index (χ0n) is 13.6. The fourth-order valence-electron chi connectivity index (χ4n) is 2.09. The largest absolute Gasteiger partial charge is 0.497 e. The van der Waals surface area contributed by atoms with E-state index in [2.05, 4.69) is 5.32 Å². The van der Waals surface area contributed by atoms with E-state index in [9.17, 15) is 10.1 Å². The lowest BCUT2D eigenvalue weighted by Gasteiger charge is -2.10. The molecule has 0 spiro atoms. The quantitative estimate of drug-likeness (QED) is 0.651. The lowest BCUT2D eigenvalue weighted by atomic mass is 10.1. The highest BCUT2D eigenvalue weighted by Crippen LogP contribution is 2.24. The van der Waals surface area contributed by atoms with Crippen LogP contribution in [0.2, 0.25) is 0 Å². The van der Waals surface area contributed by atoms with E-state index in [-0.39, 0.29) is 5.57 Å². The molecule has 5 nitrogen and oxygen atoms in total. The molecule has 24 heavy (non-hydrogen) atoms. The monoisotopic (exact) mass is 322 g/mol. The van der Waals surface area contributed by atoms with Crippen LogP contribution in [0.3, 0.4) is 0 Å². The van der Waals surface area contributed by atoms with Gasteiger partial charge in [0.05, 0.1) is 19.4 Å². The number of nitrogens with zero attached hydrogens (tertiary/aromatic N) is 1. The van der Waals surface area contributed by atoms with Gasteiger partial charge in [-0.3, -0.25) is 4.79 Å². The molecule has 0 saturated heterocycles. The number of nitriles is 1. The number of rotatable bonds is 6. The summed E-state index contributed by atoms with van der Waals surface area (Å²) in [7, 11) is 1.56. The predicted molar refractivity (Wildman–Crippen MR) is 92.8 cm³/mol. The Balaban J connectivity index is 2.23. The van der Waals surface area contributed by atoms with E-state index in [1.165, 1.54) is 6.08 Å². The Morgan fingerprint density at radius 1 is 1.25 bits per heavy atom. The number of benzene rings is 2. The van der Waals surface area contributed by atoms with Crippen LogP contribution >= 0.6 is 0 Å². The van der Waals surface area contributed by atoms with E-state index < -0.39 is 5.91 Å². The molecule has 1 N–H and O–H groups in total. The maximum Gasteiger partial charge on any atom is 0.266 e. The molecule has 0 unspecified atom stereocenters. The minimum atomic E-state index is -0.493. The van der Waals surface area contributed by atoms with Crippen molar-refractivity contribution in [2.24, 2.45) is 0 Å². The average Bonchev–Trinajstić information content (AvgIpc) is 2.61. The summed E-state index contributed by atoms with van der Waals surface area (Å²) in [6.45, 7) is 2.35. The van der Waals surface area contributed by atoms with Gasteiger partial charge in [0.15, 0.2) is 0 Å². The van der Waals surface area contributed by atoms with Gasteiger partial charge < -0.3 is 14.8 Å². The van der Waals surface area contributed by atoms with Crippen molar-refractivity contribution in [3.05, 3.63) is 59.7 Å². The van der Waals surface area contributed by atoms with Crippen LogP contribution in [0.5, 0.6) is 11.5 Å². The van der Waals surface area contributed by atoms with Crippen molar-refractivity contribution in [2.75, 3.05) is 19.0 Å². The maximum atomic E-state index is 12.4. The lowest BCUT2D eigenvalue weighted by Crippen LogP contribution is -2.14. The van der Waals surface area contributed by atoms with Crippen LogP contribution in [-0.2, 0) is 4.79 Å². The molecular formula is C19H18N2O3. The summed E-state index contributed by atoms with van der Waals surface area (Å²) in [6, 6.07) is 16.1. The molecule has 0 aliphatic carbocycles. The number of ether oxygens (including phenoxy) is 2. The molecule has 0 aliphatic heterocycles. The number of carbonyl (C=O) groups is 1. The second-order valence-electron chi connectivity index (χ2n) is 4.83. The molecule has 0 aliphatic rings. The van der Waals surface area contributed by atoms with Gasteiger partial charge in [0, 0.05) is 0 Å². The van der Waals surface area contributed by atoms with E-state index in [4.69, 9.17) is 9.47 Å². The van der Waals surface area contributed by atoms with Crippen LogP contribution < -0.4 is 14.8 Å². The van der Waals surface area contributed by atoms with E-state index in [1.807, 2.05) is 19.1 Å². The summed E-state index contributed by atoms with van der Waals surface area (Å²) in [5.74, 6) is 0.725. The summed E-state index contributed by atoms with van der Waals surface area (Å²) in [5, 5.41) is 12.0. The van der Waals surface area contributed by atoms with Gasteiger partial charge in [-0.15, -0.1) is 0 Å². The maximum absolute atomic E-state index is 12.4. The average molecular weight is 322 g/mol. The Bertz CT molecular complexity index is 791. The van der Waals surface area contributed by atoms with Crippen LogP contribution in [-0.4, -0.2) is 19.6 Å². The second-order valence-corrected chi connectivity index (χ2v) is 4.83. The van der Waals surface area contributed by atoms with Crippen molar-refractivity contribution in [2.45, 2.75) is 6.92 Å². The highest BCUT2D eigenvalue weighted by molar-refractivity contribution is 6.10. The number of hydrogen-bond donors (Lipinski definition) is 1. The summed E-state index contributed by atoms with van der Waals surface area (Å²) in [5.41, 5.74) is 1.23. The van der Waals surface area contributed by atoms with Crippen LogP contribution in [0.15, 0.2) is 54.1 Å². The van der Waals surface area contributed by atoms with Crippen molar-refractivity contribution in [3.8, 4) is 17.6 Å². The second kappa shape index (κ2) is 8.39. The van der Waals surface area contributed by atoms with E-state index in [0.717, 1.165) is 0 Å². The molecule has 0 atom stereocenters. The normalized spacial score (nSPS) is 10.6. The van der Waals surface area contributed by atoms with E-state index in [1.54, 1.807) is 49.6 Å². The minimum absolute atomic E-state index is 0.00504. The number of carbonyl (C=O) groups excluding carboxylic acids is 1. The van der Waals surface area contributed by atoms with Gasteiger partial charge in [0.1, 0.15) is 23.1 Å². The first-order valence-corrected chi connectivity index (χ1v) is 7.47. The zero-order chi connectivity index (χ0) is 17.4. The van der Waals surface area contributed by atoms with Crippen LogP contribution in [0, 0.1) is 11.3 Å². The molecule has 5 heteroatoms. The molecule has 122 valence electrons. The van der Waals surface area contributed by atoms with Gasteiger partial charge >= 0.3 is 0 Å². The summed E-state index contributed by atoms with van der Waals surface area (Å²) < 4.78 is 10.6. The van der Waals surface area contributed by atoms with Crippen LogP contribution in [0.1, 0.15) is 12.5 Å². The summed E-state index contributed by atoms with van der Waals surface area (Å²) in [6.07, 6.45) is 1.52. The van der Waals surface area contributed by atoms with Crippen molar-refractivity contribution >= 4 is 17.7 Å². The smallest absolute Gasteiger partial charge is 0.266 e. The van der Waals surface area contributed by atoms with Crippen LogP contribution in [0.4, 0.5) is 5.69 Å². The van der Waals surface area contributed by atoms with Gasteiger partial charge in [-0.1, -0.05) is 24.3 Å². The highest BCUT2D eigenvalue weighted by Gasteiger charge is 2.12. The molecular weight excluding hydrogens is 304 g/mol. The molecule has 1 amide bonds. The number of hydrogen-bond acceptors (Lipinski definition) is 4. The molecule has 0 aromatic heterocycles. The minimum Gasteiger partial charge on any atom is -0.497 e.